The summed E-state index contributed by atoms with van der Waals surface area (Å²) in [5.74, 6) is 1.43. The molecule has 1 unspecified atom stereocenters. The minimum atomic E-state index is -0.0682. The molecule has 1 aromatic heterocycles. The van der Waals surface area contributed by atoms with Crippen molar-refractivity contribution in [2.75, 3.05) is 20.3 Å². The number of methoxy groups -OCH3 is 1. The molecular formula is C17H19N3O3. The first-order valence-electron chi connectivity index (χ1n) is 7.59. The van der Waals surface area contributed by atoms with Crippen molar-refractivity contribution in [3.8, 4) is 17.1 Å². The van der Waals surface area contributed by atoms with Crippen LogP contribution in [0.2, 0.25) is 0 Å². The number of benzene rings is 1. The van der Waals surface area contributed by atoms with E-state index in [0.717, 1.165) is 23.3 Å². The van der Waals surface area contributed by atoms with Crippen molar-refractivity contribution in [3.63, 3.8) is 0 Å². The van der Waals surface area contributed by atoms with Gasteiger partial charge in [0.2, 0.25) is 5.91 Å². The molecular weight excluding hydrogens is 294 g/mol. The number of nitrogens with one attached hydrogen (secondary N) is 1. The predicted octanol–water partition coefficient (Wildman–Crippen LogP) is 1.60. The average Bonchev–Trinajstić information content (AvgIpc) is 3.02. The molecule has 2 aromatic rings. The lowest BCUT2D eigenvalue weighted by atomic mass is 10.1. The first-order chi connectivity index (χ1) is 11.3. The van der Waals surface area contributed by atoms with Crippen LogP contribution >= 0.6 is 0 Å². The van der Waals surface area contributed by atoms with Crippen molar-refractivity contribution in [1.29, 1.82) is 0 Å². The van der Waals surface area contributed by atoms with Gasteiger partial charge in [-0.25, -0.2) is 9.97 Å². The SMILES string of the molecule is COCCC(=O)NCC1Cc2cccc(-c3ncccn3)c2O1. The number of aromatic nitrogens is 2. The predicted molar refractivity (Wildman–Crippen MR) is 85.1 cm³/mol. The molecule has 6 nitrogen and oxygen atoms in total. The van der Waals surface area contributed by atoms with E-state index in [2.05, 4.69) is 15.3 Å². The largest absolute Gasteiger partial charge is 0.487 e. The van der Waals surface area contributed by atoms with Gasteiger partial charge in [-0.1, -0.05) is 12.1 Å². The van der Waals surface area contributed by atoms with Crippen LogP contribution in [0.5, 0.6) is 5.75 Å². The number of fused-ring (bicyclic) bond motifs is 1. The van der Waals surface area contributed by atoms with E-state index in [1.54, 1.807) is 25.6 Å². The van der Waals surface area contributed by atoms with E-state index in [1.807, 2.05) is 18.2 Å². The Balaban J connectivity index is 1.66. The fourth-order valence-corrected chi connectivity index (χ4v) is 2.58. The van der Waals surface area contributed by atoms with E-state index < -0.39 is 0 Å². The van der Waals surface area contributed by atoms with Gasteiger partial charge in [0.05, 0.1) is 18.7 Å². The number of carbonyl (C=O) groups excluding carboxylic acids is 1. The summed E-state index contributed by atoms with van der Waals surface area (Å²) in [5.41, 5.74) is 2.00. The van der Waals surface area contributed by atoms with E-state index in [9.17, 15) is 4.79 Å². The Labute approximate surface area is 134 Å². The highest BCUT2D eigenvalue weighted by atomic mass is 16.5. The molecule has 0 aliphatic carbocycles. The summed E-state index contributed by atoms with van der Waals surface area (Å²) >= 11 is 0. The minimum Gasteiger partial charge on any atom is -0.487 e. The molecule has 0 radical (unpaired) electrons. The number of nitrogens with zero attached hydrogens (tertiary/aromatic N) is 2. The number of para-hydroxylation sites is 1. The van der Waals surface area contributed by atoms with Crippen LogP contribution in [0.3, 0.4) is 0 Å². The fourth-order valence-electron chi connectivity index (χ4n) is 2.58. The first-order valence-corrected chi connectivity index (χ1v) is 7.59. The fraction of sp³-hybridized carbons (Fsp3) is 0.353. The van der Waals surface area contributed by atoms with Gasteiger partial charge in [-0.15, -0.1) is 0 Å². The highest BCUT2D eigenvalue weighted by Gasteiger charge is 2.26. The highest BCUT2D eigenvalue weighted by Crippen LogP contribution is 2.37. The third kappa shape index (κ3) is 3.65. The molecule has 0 fully saturated rings. The Morgan fingerprint density at radius 3 is 2.96 bits per heavy atom. The summed E-state index contributed by atoms with van der Waals surface area (Å²) in [7, 11) is 1.58. The van der Waals surface area contributed by atoms with Crippen LogP contribution in [-0.2, 0) is 16.0 Å². The molecule has 0 saturated heterocycles. The quantitative estimate of drug-likeness (QED) is 0.877. The second kappa shape index (κ2) is 7.19. The Kier molecular flexibility index (Phi) is 4.83. The summed E-state index contributed by atoms with van der Waals surface area (Å²) < 4.78 is 10.9. The zero-order valence-corrected chi connectivity index (χ0v) is 13.0. The lowest BCUT2D eigenvalue weighted by molar-refractivity contribution is -0.122. The zero-order chi connectivity index (χ0) is 16.1. The van der Waals surface area contributed by atoms with Gasteiger partial charge in [-0.3, -0.25) is 4.79 Å². The molecule has 1 atom stereocenters. The van der Waals surface area contributed by atoms with Gasteiger partial charge in [0.1, 0.15) is 11.9 Å². The zero-order valence-electron chi connectivity index (χ0n) is 13.0. The van der Waals surface area contributed by atoms with Crippen molar-refractivity contribution >= 4 is 5.91 Å². The molecule has 1 N–H and O–H groups in total. The van der Waals surface area contributed by atoms with Gasteiger partial charge in [-0.05, 0) is 17.7 Å². The molecule has 1 amide bonds. The molecule has 1 aliphatic rings. The molecule has 0 bridgehead atoms. The van der Waals surface area contributed by atoms with Crippen LogP contribution in [0.25, 0.3) is 11.4 Å². The first kappa shape index (κ1) is 15.4. The third-order valence-corrected chi connectivity index (χ3v) is 3.70. The number of amides is 1. The van der Waals surface area contributed by atoms with Gasteiger partial charge in [-0.2, -0.15) is 0 Å². The monoisotopic (exact) mass is 313 g/mol. The van der Waals surface area contributed by atoms with E-state index in [-0.39, 0.29) is 12.0 Å². The maximum atomic E-state index is 11.7. The Bertz CT molecular complexity index is 676. The number of hydrogen-bond donors (Lipinski definition) is 1. The number of rotatable bonds is 6. The summed E-state index contributed by atoms with van der Waals surface area (Å²) in [6.45, 7) is 0.902. The third-order valence-electron chi connectivity index (χ3n) is 3.70. The normalized spacial score (nSPS) is 15.8. The molecule has 120 valence electrons. The van der Waals surface area contributed by atoms with E-state index in [1.165, 1.54) is 0 Å². The maximum Gasteiger partial charge on any atom is 0.222 e. The van der Waals surface area contributed by atoms with Crippen LogP contribution < -0.4 is 10.1 Å². The summed E-state index contributed by atoms with van der Waals surface area (Å²) in [6, 6.07) is 7.75. The topological polar surface area (TPSA) is 73.3 Å². The van der Waals surface area contributed by atoms with Crippen LogP contribution in [0, 0.1) is 0 Å². The maximum absolute atomic E-state index is 11.7. The van der Waals surface area contributed by atoms with Crippen LogP contribution in [0.1, 0.15) is 12.0 Å². The lowest BCUT2D eigenvalue weighted by Crippen LogP contribution is -2.34. The van der Waals surface area contributed by atoms with Crippen molar-refractivity contribution in [3.05, 3.63) is 42.2 Å². The molecule has 1 aliphatic heterocycles. The summed E-state index contributed by atoms with van der Waals surface area (Å²) in [5, 5.41) is 2.88. The van der Waals surface area contributed by atoms with Gasteiger partial charge in [0, 0.05) is 32.3 Å². The summed E-state index contributed by atoms with van der Waals surface area (Å²) in [6.07, 6.45) is 4.48. The number of ether oxygens (including phenoxy) is 2. The molecule has 0 saturated carbocycles. The number of carbonyl (C=O) groups is 1. The lowest BCUT2D eigenvalue weighted by Gasteiger charge is -2.13. The van der Waals surface area contributed by atoms with E-state index in [4.69, 9.17) is 9.47 Å². The van der Waals surface area contributed by atoms with Crippen molar-refractivity contribution in [1.82, 2.24) is 15.3 Å². The second-order valence-electron chi connectivity index (χ2n) is 5.36. The standard InChI is InChI=1S/C17H19N3O3/c1-22-9-6-15(21)20-11-13-10-12-4-2-5-14(16(12)23-13)17-18-7-3-8-19-17/h2-5,7-8,13H,6,9-11H2,1H3,(H,20,21). The van der Waals surface area contributed by atoms with Gasteiger partial charge >= 0.3 is 0 Å². The second-order valence-corrected chi connectivity index (χ2v) is 5.36. The highest BCUT2D eigenvalue weighted by molar-refractivity contribution is 5.76. The Morgan fingerprint density at radius 1 is 1.35 bits per heavy atom. The summed E-state index contributed by atoms with van der Waals surface area (Å²) in [4.78, 5) is 20.2. The smallest absolute Gasteiger partial charge is 0.222 e. The molecule has 1 aromatic carbocycles. The van der Waals surface area contributed by atoms with Gasteiger partial charge in [0.25, 0.3) is 0 Å². The molecule has 2 heterocycles. The van der Waals surface area contributed by atoms with Gasteiger partial charge in [0.15, 0.2) is 5.82 Å². The number of hydrogen-bond acceptors (Lipinski definition) is 5. The Morgan fingerprint density at radius 2 is 2.17 bits per heavy atom. The van der Waals surface area contributed by atoms with E-state index in [0.29, 0.717) is 25.4 Å². The molecule has 23 heavy (non-hydrogen) atoms. The van der Waals surface area contributed by atoms with Crippen molar-refractivity contribution < 1.29 is 14.3 Å². The van der Waals surface area contributed by atoms with Gasteiger partial charge < -0.3 is 14.8 Å². The minimum absolute atomic E-state index is 0.0296. The van der Waals surface area contributed by atoms with Crippen LogP contribution in [0.4, 0.5) is 0 Å². The van der Waals surface area contributed by atoms with Crippen molar-refractivity contribution in [2.24, 2.45) is 0 Å². The van der Waals surface area contributed by atoms with Crippen LogP contribution in [0.15, 0.2) is 36.7 Å². The van der Waals surface area contributed by atoms with E-state index >= 15 is 0 Å². The molecule has 3 rings (SSSR count). The average molecular weight is 313 g/mol. The Hall–Kier alpha value is -2.47. The molecule has 6 heteroatoms. The van der Waals surface area contributed by atoms with Crippen LogP contribution in [-0.4, -0.2) is 42.2 Å². The molecule has 0 spiro atoms. The van der Waals surface area contributed by atoms with Crippen molar-refractivity contribution in [2.45, 2.75) is 18.9 Å².